The fourth-order valence-corrected chi connectivity index (χ4v) is 2.90. The quantitative estimate of drug-likeness (QED) is 0.905. The molecule has 1 aliphatic rings. The van der Waals surface area contributed by atoms with Gasteiger partial charge in [-0.3, -0.25) is 0 Å². The van der Waals surface area contributed by atoms with Crippen LogP contribution in [-0.2, 0) is 6.42 Å². The van der Waals surface area contributed by atoms with E-state index < -0.39 is 17.7 Å². The summed E-state index contributed by atoms with van der Waals surface area (Å²) in [6.45, 7) is 0.238. The van der Waals surface area contributed by atoms with Gasteiger partial charge in [0.1, 0.15) is 11.6 Å². The molecule has 2 atom stereocenters. The topological polar surface area (TPSA) is 32.3 Å². The Morgan fingerprint density at radius 2 is 2.00 bits per heavy atom. The Bertz CT molecular complexity index is 644. The second kappa shape index (κ2) is 5.92. The minimum Gasteiger partial charge on any atom is -0.387 e. The number of aliphatic hydroxyl groups excluding tert-OH is 1. The Hall–Kier alpha value is -1.78. The van der Waals surface area contributed by atoms with Crippen molar-refractivity contribution < 1.29 is 13.9 Å². The minimum absolute atomic E-state index is 0.121. The third kappa shape index (κ3) is 2.96. The maximum atomic E-state index is 13.6. The molecule has 0 aromatic heterocycles. The third-order valence-corrected chi connectivity index (χ3v) is 4.01. The lowest BCUT2D eigenvalue weighted by Crippen LogP contribution is -2.25. The van der Waals surface area contributed by atoms with Crippen LogP contribution in [0.5, 0.6) is 0 Å². The van der Waals surface area contributed by atoms with Gasteiger partial charge in [-0.1, -0.05) is 30.3 Å². The SMILES string of the molecule is OC(CNC1CCc2ccccc21)c1ccc(F)cc1F. The van der Waals surface area contributed by atoms with Crippen LogP contribution in [0.25, 0.3) is 0 Å². The molecular formula is C17H17F2NO. The molecule has 0 fully saturated rings. The van der Waals surface area contributed by atoms with Crippen molar-refractivity contribution in [3.63, 3.8) is 0 Å². The average Bonchev–Trinajstić information content (AvgIpc) is 2.88. The number of fused-ring (bicyclic) bond motifs is 1. The van der Waals surface area contributed by atoms with Gasteiger partial charge in [-0.25, -0.2) is 8.78 Å². The first-order valence-electron chi connectivity index (χ1n) is 7.09. The average molecular weight is 289 g/mol. The van der Waals surface area contributed by atoms with Crippen LogP contribution in [0.4, 0.5) is 8.78 Å². The van der Waals surface area contributed by atoms with E-state index in [1.165, 1.54) is 17.2 Å². The zero-order valence-corrected chi connectivity index (χ0v) is 11.5. The zero-order valence-electron chi connectivity index (χ0n) is 11.5. The second-order valence-electron chi connectivity index (χ2n) is 5.38. The van der Waals surface area contributed by atoms with Gasteiger partial charge in [-0.15, -0.1) is 0 Å². The number of halogens is 2. The summed E-state index contributed by atoms with van der Waals surface area (Å²) in [7, 11) is 0. The van der Waals surface area contributed by atoms with Crippen molar-refractivity contribution in [2.45, 2.75) is 25.0 Å². The van der Waals surface area contributed by atoms with Gasteiger partial charge >= 0.3 is 0 Å². The Labute approximate surface area is 122 Å². The highest BCUT2D eigenvalue weighted by Crippen LogP contribution is 2.31. The highest BCUT2D eigenvalue weighted by molar-refractivity contribution is 5.34. The van der Waals surface area contributed by atoms with E-state index >= 15 is 0 Å². The summed E-state index contributed by atoms with van der Waals surface area (Å²) in [6.07, 6.45) is 0.991. The third-order valence-electron chi connectivity index (χ3n) is 4.01. The molecule has 0 radical (unpaired) electrons. The predicted molar refractivity (Wildman–Crippen MR) is 76.8 cm³/mol. The Morgan fingerprint density at radius 1 is 1.19 bits per heavy atom. The van der Waals surface area contributed by atoms with E-state index in [2.05, 4.69) is 17.4 Å². The molecule has 0 aliphatic heterocycles. The minimum atomic E-state index is -0.988. The molecule has 110 valence electrons. The molecule has 0 heterocycles. The molecule has 0 spiro atoms. The summed E-state index contributed by atoms with van der Waals surface area (Å²) < 4.78 is 26.5. The van der Waals surface area contributed by atoms with Gasteiger partial charge < -0.3 is 10.4 Å². The molecule has 2 aromatic rings. The van der Waals surface area contributed by atoms with Crippen molar-refractivity contribution in [3.05, 3.63) is 70.8 Å². The molecule has 3 rings (SSSR count). The molecule has 21 heavy (non-hydrogen) atoms. The predicted octanol–water partition coefficient (Wildman–Crippen LogP) is 3.28. The van der Waals surface area contributed by atoms with Crippen molar-refractivity contribution in [1.82, 2.24) is 5.32 Å². The lowest BCUT2D eigenvalue weighted by Gasteiger charge is -2.18. The lowest BCUT2D eigenvalue weighted by atomic mass is 10.1. The van der Waals surface area contributed by atoms with Crippen molar-refractivity contribution >= 4 is 0 Å². The van der Waals surface area contributed by atoms with Gasteiger partial charge in [0.25, 0.3) is 0 Å². The number of aryl methyl sites for hydroxylation is 1. The maximum absolute atomic E-state index is 13.6. The fraction of sp³-hybridized carbons (Fsp3) is 0.294. The number of aliphatic hydroxyl groups is 1. The Kier molecular flexibility index (Phi) is 3.99. The molecule has 2 unspecified atom stereocenters. The van der Waals surface area contributed by atoms with Crippen LogP contribution in [0.1, 0.15) is 35.3 Å². The fourth-order valence-electron chi connectivity index (χ4n) is 2.90. The maximum Gasteiger partial charge on any atom is 0.131 e. The smallest absolute Gasteiger partial charge is 0.131 e. The highest BCUT2D eigenvalue weighted by atomic mass is 19.1. The monoisotopic (exact) mass is 289 g/mol. The van der Waals surface area contributed by atoms with Crippen molar-refractivity contribution in [2.24, 2.45) is 0 Å². The molecule has 1 aliphatic carbocycles. The van der Waals surface area contributed by atoms with Gasteiger partial charge in [0.05, 0.1) is 6.10 Å². The first-order valence-corrected chi connectivity index (χ1v) is 7.09. The summed E-state index contributed by atoms with van der Waals surface area (Å²) in [6, 6.07) is 11.6. The second-order valence-corrected chi connectivity index (χ2v) is 5.38. The largest absolute Gasteiger partial charge is 0.387 e. The highest BCUT2D eigenvalue weighted by Gasteiger charge is 2.22. The molecule has 2 N–H and O–H groups in total. The van der Waals surface area contributed by atoms with E-state index in [0.29, 0.717) is 0 Å². The summed E-state index contributed by atoms with van der Waals surface area (Å²) in [5.74, 6) is -1.35. The molecule has 0 bridgehead atoms. The van der Waals surface area contributed by atoms with E-state index in [1.54, 1.807) is 0 Å². The lowest BCUT2D eigenvalue weighted by molar-refractivity contribution is 0.165. The Morgan fingerprint density at radius 3 is 2.81 bits per heavy atom. The normalized spacial score (nSPS) is 18.5. The zero-order chi connectivity index (χ0) is 14.8. The molecule has 0 saturated carbocycles. The molecule has 0 saturated heterocycles. The van der Waals surface area contributed by atoms with Crippen LogP contribution in [-0.4, -0.2) is 11.7 Å². The van der Waals surface area contributed by atoms with Gasteiger partial charge in [-0.05, 0) is 30.0 Å². The van der Waals surface area contributed by atoms with E-state index in [0.717, 1.165) is 25.0 Å². The number of hydrogen-bond acceptors (Lipinski definition) is 2. The van der Waals surface area contributed by atoms with Crippen molar-refractivity contribution in [1.29, 1.82) is 0 Å². The summed E-state index contributed by atoms with van der Waals surface area (Å²) >= 11 is 0. The van der Waals surface area contributed by atoms with Crippen LogP contribution < -0.4 is 5.32 Å². The standard InChI is InChI=1S/C17H17F2NO/c18-12-6-7-14(15(19)9-12)17(21)10-20-16-8-5-11-3-1-2-4-13(11)16/h1-4,6-7,9,16-17,20-21H,5,8,10H2. The number of nitrogens with one attached hydrogen (secondary N) is 1. The number of rotatable bonds is 4. The van der Waals surface area contributed by atoms with Crippen LogP contribution in [0.2, 0.25) is 0 Å². The Balaban J connectivity index is 1.66. The van der Waals surface area contributed by atoms with Gasteiger partial charge in [0.15, 0.2) is 0 Å². The summed E-state index contributed by atoms with van der Waals surface area (Å²) in [4.78, 5) is 0. The molecular weight excluding hydrogens is 272 g/mol. The van der Waals surface area contributed by atoms with Crippen LogP contribution in [0.15, 0.2) is 42.5 Å². The summed E-state index contributed by atoms with van der Waals surface area (Å²) in [5.41, 5.74) is 2.68. The van der Waals surface area contributed by atoms with Gasteiger partial charge in [0, 0.05) is 24.2 Å². The number of hydrogen-bond donors (Lipinski definition) is 2. The van der Waals surface area contributed by atoms with Crippen LogP contribution in [0, 0.1) is 11.6 Å². The van der Waals surface area contributed by atoms with Crippen LogP contribution in [0.3, 0.4) is 0 Å². The van der Waals surface area contributed by atoms with E-state index in [4.69, 9.17) is 0 Å². The molecule has 4 heteroatoms. The van der Waals surface area contributed by atoms with E-state index in [1.807, 2.05) is 12.1 Å². The molecule has 2 aromatic carbocycles. The first-order chi connectivity index (χ1) is 10.1. The van der Waals surface area contributed by atoms with Gasteiger partial charge in [-0.2, -0.15) is 0 Å². The van der Waals surface area contributed by atoms with E-state index in [-0.39, 0.29) is 18.2 Å². The first kappa shape index (κ1) is 14.2. The molecule has 2 nitrogen and oxygen atoms in total. The number of benzene rings is 2. The van der Waals surface area contributed by atoms with Crippen molar-refractivity contribution in [3.8, 4) is 0 Å². The van der Waals surface area contributed by atoms with Gasteiger partial charge in [0.2, 0.25) is 0 Å². The van der Waals surface area contributed by atoms with Crippen molar-refractivity contribution in [2.75, 3.05) is 6.54 Å². The van der Waals surface area contributed by atoms with E-state index in [9.17, 15) is 13.9 Å². The van der Waals surface area contributed by atoms with Crippen LogP contribution >= 0.6 is 0 Å². The molecule has 0 amide bonds. The summed E-state index contributed by atoms with van der Waals surface area (Å²) in [5, 5.41) is 13.3.